The Labute approximate surface area is 200 Å². The zero-order valence-corrected chi connectivity index (χ0v) is 20.9. The second kappa shape index (κ2) is 8.84. The van der Waals surface area contributed by atoms with E-state index in [0.29, 0.717) is 22.9 Å². The first kappa shape index (κ1) is 23.9. The molecule has 1 aliphatic heterocycles. The van der Waals surface area contributed by atoms with Gasteiger partial charge in [-0.25, -0.2) is 16.8 Å². The van der Waals surface area contributed by atoms with Crippen LogP contribution in [0, 0.1) is 0 Å². The summed E-state index contributed by atoms with van der Waals surface area (Å²) in [5.74, 6) is 1.22. The summed E-state index contributed by atoms with van der Waals surface area (Å²) in [5, 5.41) is 0. The minimum Gasteiger partial charge on any atom is -0.496 e. The number of sulfonamides is 2. The normalized spacial score (nSPS) is 15.0. The molecule has 8 nitrogen and oxygen atoms in total. The zero-order valence-electron chi connectivity index (χ0n) is 19.3. The van der Waals surface area contributed by atoms with Crippen molar-refractivity contribution in [3.63, 3.8) is 0 Å². The molecule has 0 saturated heterocycles. The average Bonchev–Trinajstić information content (AvgIpc) is 2.81. The highest BCUT2D eigenvalue weighted by Gasteiger charge is 2.31. The molecule has 1 aliphatic rings. The number of nitrogens with one attached hydrogen (secondary N) is 1. The number of nitrogens with zero attached hydrogens (tertiary/aromatic N) is 1. The van der Waals surface area contributed by atoms with Gasteiger partial charge in [0.05, 0.1) is 30.4 Å². The van der Waals surface area contributed by atoms with Gasteiger partial charge < -0.3 is 9.47 Å². The average molecular weight is 503 g/mol. The van der Waals surface area contributed by atoms with Crippen molar-refractivity contribution in [3.8, 4) is 22.6 Å². The summed E-state index contributed by atoms with van der Waals surface area (Å²) in [4.78, 5) is 0. The van der Waals surface area contributed by atoms with Crippen LogP contribution in [0.15, 0.2) is 60.7 Å². The van der Waals surface area contributed by atoms with E-state index < -0.39 is 26.2 Å². The van der Waals surface area contributed by atoms with Gasteiger partial charge in [-0.15, -0.1) is 0 Å². The fourth-order valence-corrected chi connectivity index (χ4v) is 5.38. The zero-order chi connectivity index (χ0) is 24.7. The van der Waals surface area contributed by atoms with Gasteiger partial charge in [0.2, 0.25) is 20.0 Å². The van der Waals surface area contributed by atoms with Gasteiger partial charge in [-0.1, -0.05) is 24.3 Å². The Balaban J connectivity index is 1.89. The second-order valence-corrected chi connectivity index (χ2v) is 12.0. The van der Waals surface area contributed by atoms with Crippen molar-refractivity contribution in [2.45, 2.75) is 13.0 Å². The second-order valence-electron chi connectivity index (χ2n) is 7.97. The lowest BCUT2D eigenvalue weighted by Gasteiger charge is -2.31. The Kier molecular flexibility index (Phi) is 6.22. The number of anilines is 2. The standard InChI is InChI=1S/C24H26N2O6S2/c1-5-34(29,30)26(2)18-9-6-8-16(14-18)24-20-15-17(25-33(4,27)28)12-13-19(20)23-21(31-3)10-7-11-22(23)32-24/h6-15,24-25H,5H2,1-4H3. The molecule has 0 aliphatic carbocycles. The first-order valence-electron chi connectivity index (χ1n) is 10.6. The van der Waals surface area contributed by atoms with Crippen molar-refractivity contribution < 1.29 is 26.3 Å². The van der Waals surface area contributed by atoms with Crippen LogP contribution in [0.4, 0.5) is 11.4 Å². The lowest BCUT2D eigenvalue weighted by Crippen LogP contribution is -2.28. The number of hydrogen-bond acceptors (Lipinski definition) is 6. The third-order valence-corrected chi connectivity index (χ3v) is 8.06. The summed E-state index contributed by atoms with van der Waals surface area (Å²) in [5.41, 5.74) is 3.96. The van der Waals surface area contributed by atoms with Crippen LogP contribution < -0.4 is 18.5 Å². The third-order valence-electron chi connectivity index (χ3n) is 5.68. The molecule has 1 atom stereocenters. The molecule has 3 aromatic carbocycles. The Morgan fingerprint density at radius 2 is 1.76 bits per heavy atom. The molecule has 1 unspecified atom stereocenters. The van der Waals surface area contributed by atoms with Gasteiger partial charge in [0, 0.05) is 18.3 Å². The van der Waals surface area contributed by atoms with Crippen LogP contribution >= 0.6 is 0 Å². The highest BCUT2D eigenvalue weighted by Crippen LogP contribution is 2.49. The van der Waals surface area contributed by atoms with Gasteiger partial charge in [-0.2, -0.15) is 0 Å². The van der Waals surface area contributed by atoms with Crippen LogP contribution in [0.3, 0.4) is 0 Å². The molecule has 1 heterocycles. The number of fused-ring (bicyclic) bond motifs is 3. The summed E-state index contributed by atoms with van der Waals surface area (Å²) in [6.07, 6.45) is 0.486. The molecule has 0 bridgehead atoms. The molecule has 180 valence electrons. The molecule has 0 saturated carbocycles. The highest BCUT2D eigenvalue weighted by molar-refractivity contribution is 7.92. The topological polar surface area (TPSA) is 102 Å². The van der Waals surface area contributed by atoms with E-state index in [1.807, 2.05) is 30.3 Å². The predicted molar refractivity (Wildman–Crippen MR) is 134 cm³/mol. The maximum absolute atomic E-state index is 12.4. The first-order chi connectivity index (χ1) is 16.0. The van der Waals surface area contributed by atoms with Crippen LogP contribution in [0.25, 0.3) is 11.1 Å². The van der Waals surface area contributed by atoms with Crippen molar-refractivity contribution >= 4 is 31.4 Å². The van der Waals surface area contributed by atoms with Gasteiger partial charge in [0.25, 0.3) is 0 Å². The molecule has 1 N–H and O–H groups in total. The van der Waals surface area contributed by atoms with Gasteiger partial charge in [-0.05, 0) is 54.4 Å². The molecule has 0 spiro atoms. The van der Waals surface area contributed by atoms with E-state index in [2.05, 4.69) is 4.72 Å². The van der Waals surface area contributed by atoms with Crippen molar-refractivity contribution in [1.82, 2.24) is 0 Å². The molecule has 0 amide bonds. The van der Waals surface area contributed by atoms with Crippen LogP contribution in [-0.2, 0) is 20.0 Å². The minimum absolute atomic E-state index is 0.0236. The monoisotopic (exact) mass is 502 g/mol. The Morgan fingerprint density at radius 1 is 1.03 bits per heavy atom. The van der Waals surface area contributed by atoms with E-state index in [9.17, 15) is 16.8 Å². The smallest absolute Gasteiger partial charge is 0.234 e. The molecule has 3 aromatic rings. The van der Waals surface area contributed by atoms with Crippen molar-refractivity contribution in [2.75, 3.05) is 35.2 Å². The van der Waals surface area contributed by atoms with E-state index in [1.165, 1.54) is 11.4 Å². The predicted octanol–water partition coefficient (Wildman–Crippen LogP) is 4.00. The van der Waals surface area contributed by atoms with Crippen LogP contribution in [-0.4, -0.2) is 43.0 Å². The molecule has 4 rings (SSSR count). The molecular weight excluding hydrogens is 476 g/mol. The molecule has 0 aromatic heterocycles. The van der Waals surface area contributed by atoms with E-state index >= 15 is 0 Å². The molecular formula is C24H26N2O6S2. The van der Waals surface area contributed by atoms with Crippen molar-refractivity contribution in [1.29, 1.82) is 0 Å². The largest absolute Gasteiger partial charge is 0.496 e. The number of ether oxygens (including phenoxy) is 2. The summed E-state index contributed by atoms with van der Waals surface area (Å²) in [6, 6.07) is 17.9. The minimum atomic E-state index is -3.49. The summed E-state index contributed by atoms with van der Waals surface area (Å²) in [7, 11) is -3.84. The Morgan fingerprint density at radius 3 is 2.44 bits per heavy atom. The van der Waals surface area contributed by atoms with E-state index in [4.69, 9.17) is 9.47 Å². The maximum Gasteiger partial charge on any atom is 0.234 e. The van der Waals surface area contributed by atoms with Crippen LogP contribution in [0.2, 0.25) is 0 Å². The first-order valence-corrected chi connectivity index (χ1v) is 14.1. The molecule has 0 fully saturated rings. The Hall–Kier alpha value is -3.24. The van der Waals surface area contributed by atoms with Crippen molar-refractivity contribution in [2.24, 2.45) is 0 Å². The fraction of sp³-hybridized carbons (Fsp3) is 0.250. The van der Waals surface area contributed by atoms with E-state index in [-0.39, 0.29) is 5.75 Å². The molecule has 0 radical (unpaired) electrons. The number of benzene rings is 3. The number of methoxy groups -OCH3 is 1. The fourth-order valence-electron chi connectivity index (χ4n) is 4.01. The van der Waals surface area contributed by atoms with Crippen molar-refractivity contribution in [3.05, 3.63) is 71.8 Å². The lowest BCUT2D eigenvalue weighted by atomic mass is 9.88. The summed E-state index contributed by atoms with van der Waals surface area (Å²) < 4.78 is 64.2. The highest BCUT2D eigenvalue weighted by atomic mass is 32.2. The third kappa shape index (κ3) is 4.55. The SMILES string of the molecule is CCS(=O)(=O)N(C)c1cccc(C2Oc3cccc(OC)c3-c3ccc(NS(C)(=O)=O)cc32)c1. The summed E-state index contributed by atoms with van der Waals surface area (Å²) >= 11 is 0. The van der Waals surface area contributed by atoms with E-state index in [1.54, 1.807) is 44.4 Å². The lowest BCUT2D eigenvalue weighted by molar-refractivity contribution is 0.242. The summed E-state index contributed by atoms with van der Waals surface area (Å²) in [6.45, 7) is 1.59. The quantitative estimate of drug-likeness (QED) is 0.524. The van der Waals surface area contributed by atoms with Gasteiger partial charge >= 0.3 is 0 Å². The Bertz CT molecular complexity index is 1450. The van der Waals surface area contributed by atoms with E-state index in [0.717, 1.165) is 28.5 Å². The molecule has 10 heteroatoms. The van der Waals surface area contributed by atoms with Gasteiger partial charge in [-0.3, -0.25) is 9.03 Å². The number of hydrogen-bond donors (Lipinski definition) is 1. The van der Waals surface area contributed by atoms with Crippen LogP contribution in [0.1, 0.15) is 24.2 Å². The molecule has 34 heavy (non-hydrogen) atoms. The van der Waals surface area contributed by atoms with Crippen LogP contribution in [0.5, 0.6) is 11.5 Å². The van der Waals surface area contributed by atoms with Gasteiger partial charge in [0.1, 0.15) is 17.6 Å². The maximum atomic E-state index is 12.4. The van der Waals surface area contributed by atoms with Gasteiger partial charge in [0.15, 0.2) is 0 Å². The number of rotatable bonds is 7.